The molecule has 0 aliphatic rings. The van der Waals surface area contributed by atoms with E-state index >= 15 is 0 Å². The molecule has 0 fully saturated rings. The van der Waals surface area contributed by atoms with E-state index in [-0.39, 0.29) is 16.3 Å². The predicted octanol–water partition coefficient (Wildman–Crippen LogP) is 4.69. The normalized spacial score (nSPS) is 10.6. The molecule has 2 aromatic carbocycles. The summed E-state index contributed by atoms with van der Waals surface area (Å²) in [4.78, 5) is 12.5. The molecule has 1 N–H and O–H groups in total. The van der Waals surface area contributed by atoms with Gasteiger partial charge in [-0.15, -0.1) is 0 Å². The highest BCUT2D eigenvalue weighted by atomic mass is 35.5. The summed E-state index contributed by atoms with van der Waals surface area (Å²) in [6.07, 6.45) is 0. The Morgan fingerprint density at radius 1 is 1.17 bits per heavy atom. The molecule has 0 aliphatic heterocycles. The Hall–Kier alpha value is -2.66. The summed E-state index contributed by atoms with van der Waals surface area (Å²) < 4.78 is 19.1. The quantitative estimate of drug-likeness (QED) is 0.757. The molecule has 0 unspecified atom stereocenters. The highest BCUT2D eigenvalue weighted by Crippen LogP contribution is 2.27. The first-order valence-electron chi connectivity index (χ1n) is 6.85. The zero-order valence-electron chi connectivity index (χ0n) is 12.1. The van der Waals surface area contributed by atoms with E-state index in [1.165, 1.54) is 12.1 Å². The Morgan fingerprint density at radius 3 is 2.65 bits per heavy atom. The van der Waals surface area contributed by atoms with E-state index in [1.807, 2.05) is 30.3 Å². The monoisotopic (exact) mass is 330 g/mol. The molecule has 1 amide bonds. The van der Waals surface area contributed by atoms with Crippen LogP contribution in [0.2, 0.25) is 5.02 Å². The van der Waals surface area contributed by atoms with E-state index in [4.69, 9.17) is 16.1 Å². The van der Waals surface area contributed by atoms with E-state index in [9.17, 15) is 9.18 Å². The van der Waals surface area contributed by atoms with Crippen LogP contribution in [0.5, 0.6) is 0 Å². The molecule has 116 valence electrons. The third-order valence-electron chi connectivity index (χ3n) is 3.34. The number of nitrogens with zero attached hydrogens (tertiary/aromatic N) is 1. The number of hydrogen-bond donors (Lipinski definition) is 1. The lowest BCUT2D eigenvalue weighted by Gasteiger charge is -2.07. The van der Waals surface area contributed by atoms with Crippen LogP contribution in [-0.4, -0.2) is 11.1 Å². The Bertz CT molecular complexity index is 862. The predicted molar refractivity (Wildman–Crippen MR) is 86.0 cm³/mol. The molecule has 4 nitrogen and oxygen atoms in total. The lowest BCUT2D eigenvalue weighted by molar-refractivity contribution is 0.102. The van der Waals surface area contributed by atoms with Gasteiger partial charge in [-0.1, -0.05) is 53.2 Å². The smallest absolute Gasteiger partial charge is 0.261 e. The van der Waals surface area contributed by atoms with Gasteiger partial charge in [-0.2, -0.15) is 0 Å². The van der Waals surface area contributed by atoms with Crippen LogP contribution in [0.25, 0.3) is 11.3 Å². The summed E-state index contributed by atoms with van der Waals surface area (Å²) in [5.41, 5.74) is 1.40. The zero-order valence-corrected chi connectivity index (χ0v) is 12.9. The number of amides is 1. The van der Waals surface area contributed by atoms with Crippen molar-refractivity contribution in [2.45, 2.75) is 6.92 Å². The van der Waals surface area contributed by atoms with Crippen molar-refractivity contribution in [1.29, 1.82) is 0 Å². The number of benzene rings is 2. The van der Waals surface area contributed by atoms with Crippen molar-refractivity contribution in [2.75, 3.05) is 5.32 Å². The van der Waals surface area contributed by atoms with Gasteiger partial charge < -0.3 is 9.84 Å². The number of halogens is 2. The summed E-state index contributed by atoms with van der Waals surface area (Å²) >= 11 is 5.72. The summed E-state index contributed by atoms with van der Waals surface area (Å²) in [6, 6.07) is 13.5. The van der Waals surface area contributed by atoms with Crippen LogP contribution in [0.4, 0.5) is 10.1 Å². The van der Waals surface area contributed by atoms with Crippen LogP contribution in [-0.2, 0) is 0 Å². The van der Waals surface area contributed by atoms with Crippen molar-refractivity contribution >= 4 is 23.2 Å². The maximum atomic E-state index is 13.9. The number of hydrogen-bond acceptors (Lipinski definition) is 3. The Labute approximate surface area is 136 Å². The number of carbonyl (C=O) groups excluding carboxylic acids is 1. The minimum absolute atomic E-state index is 0.00196. The van der Waals surface area contributed by atoms with Gasteiger partial charge in [-0.25, -0.2) is 4.39 Å². The molecule has 1 aromatic heterocycles. The number of rotatable bonds is 3. The van der Waals surface area contributed by atoms with Gasteiger partial charge in [0.2, 0.25) is 0 Å². The zero-order chi connectivity index (χ0) is 16.4. The summed E-state index contributed by atoms with van der Waals surface area (Å²) in [5.74, 6) is -0.842. The maximum Gasteiger partial charge on any atom is 0.261 e. The minimum atomic E-state index is -0.683. The fourth-order valence-electron chi connectivity index (χ4n) is 2.22. The number of aryl methyl sites for hydroxylation is 1. The Morgan fingerprint density at radius 2 is 1.91 bits per heavy atom. The van der Waals surface area contributed by atoms with Crippen molar-refractivity contribution < 1.29 is 13.7 Å². The molecule has 3 rings (SSSR count). The van der Waals surface area contributed by atoms with Gasteiger partial charge in [0.15, 0.2) is 5.82 Å². The van der Waals surface area contributed by atoms with E-state index in [0.29, 0.717) is 11.5 Å². The number of anilines is 1. The van der Waals surface area contributed by atoms with E-state index in [1.54, 1.807) is 13.0 Å². The molecule has 0 atom stereocenters. The molecular formula is C17H12ClFN2O2. The van der Waals surface area contributed by atoms with Crippen molar-refractivity contribution in [3.8, 4) is 11.3 Å². The highest BCUT2D eigenvalue weighted by Gasteiger charge is 2.22. The van der Waals surface area contributed by atoms with Gasteiger partial charge >= 0.3 is 0 Å². The molecule has 0 aliphatic carbocycles. The molecule has 6 heteroatoms. The van der Waals surface area contributed by atoms with Crippen molar-refractivity contribution in [2.24, 2.45) is 0 Å². The second kappa shape index (κ2) is 6.22. The molecule has 23 heavy (non-hydrogen) atoms. The van der Waals surface area contributed by atoms with Crippen LogP contribution in [0.3, 0.4) is 0 Å². The van der Waals surface area contributed by atoms with Crippen LogP contribution < -0.4 is 5.32 Å². The average Bonchev–Trinajstić information content (AvgIpc) is 2.94. The van der Waals surface area contributed by atoms with Gasteiger partial charge in [0.1, 0.15) is 17.0 Å². The van der Waals surface area contributed by atoms with Crippen LogP contribution in [0.1, 0.15) is 16.1 Å². The third kappa shape index (κ3) is 2.96. The van der Waals surface area contributed by atoms with Gasteiger partial charge in [0.05, 0.1) is 10.7 Å². The van der Waals surface area contributed by atoms with Crippen LogP contribution in [0.15, 0.2) is 53.1 Å². The first-order valence-corrected chi connectivity index (χ1v) is 7.23. The van der Waals surface area contributed by atoms with Gasteiger partial charge in [-0.05, 0) is 19.1 Å². The lowest BCUT2D eigenvalue weighted by Crippen LogP contribution is -2.14. The topological polar surface area (TPSA) is 55.1 Å². The minimum Gasteiger partial charge on any atom is -0.360 e. The largest absolute Gasteiger partial charge is 0.360 e. The number of nitrogens with one attached hydrogen (secondary N) is 1. The van der Waals surface area contributed by atoms with Crippen molar-refractivity contribution in [3.63, 3.8) is 0 Å². The fraction of sp³-hybridized carbons (Fsp3) is 0.0588. The molecule has 0 saturated heterocycles. The fourth-order valence-corrected chi connectivity index (χ4v) is 2.39. The molecule has 1 heterocycles. The SMILES string of the molecule is Cc1onc(-c2ccccc2)c1C(=O)Nc1cccc(Cl)c1F. The molecular weight excluding hydrogens is 319 g/mol. The van der Waals surface area contributed by atoms with Gasteiger partial charge in [0, 0.05) is 5.56 Å². The average molecular weight is 331 g/mol. The van der Waals surface area contributed by atoms with Gasteiger partial charge in [-0.3, -0.25) is 4.79 Å². The first kappa shape index (κ1) is 15.2. The molecule has 0 spiro atoms. The van der Waals surface area contributed by atoms with E-state index in [0.717, 1.165) is 5.56 Å². The van der Waals surface area contributed by atoms with Crippen molar-refractivity contribution in [3.05, 3.63) is 70.7 Å². The maximum absolute atomic E-state index is 13.9. The second-order valence-corrected chi connectivity index (χ2v) is 5.29. The molecule has 0 radical (unpaired) electrons. The molecule has 0 saturated carbocycles. The Balaban J connectivity index is 1.97. The van der Waals surface area contributed by atoms with E-state index < -0.39 is 11.7 Å². The molecule has 3 aromatic rings. The first-order chi connectivity index (χ1) is 11.1. The lowest BCUT2D eigenvalue weighted by atomic mass is 10.1. The van der Waals surface area contributed by atoms with Crippen molar-refractivity contribution in [1.82, 2.24) is 5.16 Å². The van der Waals surface area contributed by atoms with Crippen LogP contribution in [0, 0.1) is 12.7 Å². The summed E-state index contributed by atoms with van der Waals surface area (Å²) in [7, 11) is 0. The molecule has 0 bridgehead atoms. The van der Waals surface area contributed by atoms with E-state index in [2.05, 4.69) is 10.5 Å². The summed E-state index contributed by atoms with van der Waals surface area (Å²) in [6.45, 7) is 1.63. The summed E-state index contributed by atoms with van der Waals surface area (Å²) in [5, 5.41) is 6.38. The van der Waals surface area contributed by atoms with Gasteiger partial charge in [0.25, 0.3) is 5.91 Å². The highest BCUT2D eigenvalue weighted by molar-refractivity contribution is 6.31. The second-order valence-electron chi connectivity index (χ2n) is 4.88. The number of carbonyl (C=O) groups is 1. The third-order valence-corrected chi connectivity index (χ3v) is 3.63. The standard InChI is InChI=1S/C17H12ClFN2O2/c1-10-14(16(21-23-10)11-6-3-2-4-7-11)17(22)20-13-9-5-8-12(18)15(13)19/h2-9H,1H3,(H,20,22). The number of aromatic nitrogens is 1. The van der Waals surface area contributed by atoms with Crippen LogP contribution >= 0.6 is 11.6 Å². The Kier molecular flexibility index (Phi) is 4.12.